The SMILES string of the molecule is CC(Nc1ccc(F)c(C(=O)O)c1)c1cccc(Cl)c1. The molecule has 0 aliphatic heterocycles. The number of rotatable bonds is 4. The van der Waals surface area contributed by atoms with E-state index in [-0.39, 0.29) is 11.6 Å². The fourth-order valence-corrected chi connectivity index (χ4v) is 2.09. The monoisotopic (exact) mass is 293 g/mol. The third-order valence-electron chi connectivity index (χ3n) is 2.93. The summed E-state index contributed by atoms with van der Waals surface area (Å²) in [6.07, 6.45) is 0. The molecule has 0 saturated heterocycles. The summed E-state index contributed by atoms with van der Waals surface area (Å²) < 4.78 is 13.3. The Morgan fingerprint density at radius 3 is 2.70 bits per heavy atom. The molecular weight excluding hydrogens is 281 g/mol. The van der Waals surface area contributed by atoms with Gasteiger partial charge in [0.25, 0.3) is 0 Å². The molecule has 104 valence electrons. The van der Waals surface area contributed by atoms with Crippen LogP contribution in [0, 0.1) is 5.82 Å². The molecular formula is C15H13ClFNO2. The Hall–Kier alpha value is -2.07. The molecule has 0 spiro atoms. The third-order valence-corrected chi connectivity index (χ3v) is 3.16. The number of halogens is 2. The van der Waals surface area contributed by atoms with E-state index in [1.54, 1.807) is 6.07 Å². The van der Waals surface area contributed by atoms with Crippen LogP contribution in [0.2, 0.25) is 5.02 Å². The first-order valence-electron chi connectivity index (χ1n) is 6.02. The van der Waals surface area contributed by atoms with Crippen LogP contribution in [0.3, 0.4) is 0 Å². The second-order valence-corrected chi connectivity index (χ2v) is 4.86. The number of benzene rings is 2. The largest absolute Gasteiger partial charge is 0.478 e. The zero-order valence-electron chi connectivity index (χ0n) is 10.7. The highest BCUT2D eigenvalue weighted by molar-refractivity contribution is 6.30. The first-order valence-corrected chi connectivity index (χ1v) is 6.40. The highest BCUT2D eigenvalue weighted by atomic mass is 35.5. The van der Waals surface area contributed by atoms with Crippen LogP contribution in [-0.2, 0) is 0 Å². The van der Waals surface area contributed by atoms with E-state index in [2.05, 4.69) is 5.32 Å². The molecule has 0 fully saturated rings. The van der Waals surface area contributed by atoms with Gasteiger partial charge in [-0.05, 0) is 42.8 Å². The normalized spacial score (nSPS) is 11.9. The zero-order chi connectivity index (χ0) is 14.7. The Morgan fingerprint density at radius 2 is 2.05 bits per heavy atom. The van der Waals surface area contributed by atoms with Crippen LogP contribution >= 0.6 is 11.6 Å². The minimum absolute atomic E-state index is 0.0826. The van der Waals surface area contributed by atoms with E-state index in [0.717, 1.165) is 11.6 Å². The molecule has 0 heterocycles. The maximum Gasteiger partial charge on any atom is 0.338 e. The van der Waals surface area contributed by atoms with Crippen molar-refractivity contribution in [3.8, 4) is 0 Å². The summed E-state index contributed by atoms with van der Waals surface area (Å²) in [4.78, 5) is 10.9. The molecule has 5 heteroatoms. The molecule has 0 saturated carbocycles. The van der Waals surface area contributed by atoms with E-state index in [0.29, 0.717) is 10.7 Å². The van der Waals surface area contributed by atoms with Gasteiger partial charge in [0.1, 0.15) is 5.82 Å². The Morgan fingerprint density at radius 1 is 1.30 bits per heavy atom. The van der Waals surface area contributed by atoms with E-state index in [9.17, 15) is 9.18 Å². The smallest absolute Gasteiger partial charge is 0.338 e. The maximum absolute atomic E-state index is 13.3. The predicted octanol–water partition coefficient (Wildman–Crippen LogP) is 4.35. The van der Waals surface area contributed by atoms with Crippen molar-refractivity contribution in [1.29, 1.82) is 0 Å². The topological polar surface area (TPSA) is 49.3 Å². The highest BCUT2D eigenvalue weighted by Gasteiger charge is 2.12. The van der Waals surface area contributed by atoms with Crippen LogP contribution in [0.5, 0.6) is 0 Å². The minimum Gasteiger partial charge on any atom is -0.478 e. The van der Waals surface area contributed by atoms with Crippen molar-refractivity contribution < 1.29 is 14.3 Å². The Kier molecular flexibility index (Phi) is 4.25. The zero-order valence-corrected chi connectivity index (χ0v) is 11.5. The number of carbonyl (C=O) groups is 1. The standard InChI is InChI=1S/C15H13ClFNO2/c1-9(10-3-2-4-11(16)7-10)18-12-5-6-14(17)13(8-12)15(19)20/h2-9,18H,1H3,(H,19,20). The first kappa shape index (κ1) is 14.3. The number of carboxylic acid groups (broad SMARTS) is 1. The Bertz CT molecular complexity index is 646. The molecule has 0 aliphatic carbocycles. The summed E-state index contributed by atoms with van der Waals surface area (Å²) in [7, 11) is 0. The van der Waals surface area contributed by atoms with Crippen molar-refractivity contribution in [2.45, 2.75) is 13.0 Å². The maximum atomic E-state index is 13.3. The van der Waals surface area contributed by atoms with E-state index < -0.39 is 11.8 Å². The van der Waals surface area contributed by atoms with Gasteiger partial charge in [-0.25, -0.2) is 9.18 Å². The summed E-state index contributed by atoms with van der Waals surface area (Å²) in [6, 6.07) is 11.2. The van der Waals surface area contributed by atoms with Gasteiger partial charge in [0.05, 0.1) is 5.56 Å². The quantitative estimate of drug-likeness (QED) is 0.881. The lowest BCUT2D eigenvalue weighted by atomic mass is 10.1. The Balaban J connectivity index is 2.22. The van der Waals surface area contributed by atoms with Gasteiger partial charge in [-0.3, -0.25) is 0 Å². The molecule has 1 unspecified atom stereocenters. The molecule has 1 atom stereocenters. The first-order chi connectivity index (χ1) is 9.47. The van der Waals surface area contributed by atoms with Gasteiger partial charge in [0, 0.05) is 16.8 Å². The van der Waals surface area contributed by atoms with Crippen molar-refractivity contribution in [2.75, 3.05) is 5.32 Å². The second kappa shape index (κ2) is 5.92. The Labute approximate surface area is 121 Å². The fraction of sp³-hybridized carbons (Fsp3) is 0.133. The van der Waals surface area contributed by atoms with Gasteiger partial charge < -0.3 is 10.4 Å². The van der Waals surface area contributed by atoms with Crippen molar-refractivity contribution in [2.24, 2.45) is 0 Å². The molecule has 20 heavy (non-hydrogen) atoms. The van der Waals surface area contributed by atoms with Gasteiger partial charge in [-0.1, -0.05) is 23.7 Å². The van der Waals surface area contributed by atoms with Crippen LogP contribution in [0.1, 0.15) is 28.9 Å². The lowest BCUT2D eigenvalue weighted by molar-refractivity contribution is 0.0692. The molecule has 2 rings (SSSR count). The van der Waals surface area contributed by atoms with Crippen LogP contribution in [0.4, 0.5) is 10.1 Å². The van der Waals surface area contributed by atoms with Crippen molar-refractivity contribution >= 4 is 23.3 Å². The summed E-state index contributed by atoms with van der Waals surface area (Å²) in [6.45, 7) is 1.91. The van der Waals surface area contributed by atoms with Crippen LogP contribution in [0.25, 0.3) is 0 Å². The molecule has 0 aliphatic rings. The second-order valence-electron chi connectivity index (χ2n) is 4.42. The summed E-state index contributed by atoms with van der Waals surface area (Å²) in [5.41, 5.74) is 1.14. The van der Waals surface area contributed by atoms with Gasteiger partial charge in [0.15, 0.2) is 0 Å². The van der Waals surface area contributed by atoms with Crippen molar-refractivity contribution in [3.05, 3.63) is 64.4 Å². The average Bonchev–Trinajstić information content (AvgIpc) is 2.40. The molecule has 0 radical (unpaired) electrons. The van der Waals surface area contributed by atoms with Gasteiger partial charge in [-0.2, -0.15) is 0 Å². The lowest BCUT2D eigenvalue weighted by Crippen LogP contribution is -2.08. The molecule has 0 bridgehead atoms. The van der Waals surface area contributed by atoms with Crippen LogP contribution in [-0.4, -0.2) is 11.1 Å². The number of anilines is 1. The summed E-state index contributed by atoms with van der Waals surface area (Å²) in [5, 5.41) is 12.6. The molecule has 2 N–H and O–H groups in total. The molecule has 0 amide bonds. The van der Waals surface area contributed by atoms with Crippen molar-refractivity contribution in [3.63, 3.8) is 0 Å². The third kappa shape index (κ3) is 3.27. The van der Waals surface area contributed by atoms with Gasteiger partial charge in [-0.15, -0.1) is 0 Å². The minimum atomic E-state index is -1.29. The van der Waals surface area contributed by atoms with Crippen LogP contribution < -0.4 is 5.32 Å². The summed E-state index contributed by atoms with van der Waals surface area (Å²) in [5.74, 6) is -2.04. The highest BCUT2D eigenvalue weighted by Crippen LogP contribution is 2.23. The molecule has 2 aromatic rings. The summed E-state index contributed by atoms with van der Waals surface area (Å²) >= 11 is 5.92. The van der Waals surface area contributed by atoms with E-state index in [4.69, 9.17) is 16.7 Å². The average molecular weight is 294 g/mol. The van der Waals surface area contributed by atoms with E-state index in [1.807, 2.05) is 25.1 Å². The predicted molar refractivity (Wildman–Crippen MR) is 76.8 cm³/mol. The van der Waals surface area contributed by atoms with Gasteiger partial charge >= 0.3 is 5.97 Å². The molecule has 0 aromatic heterocycles. The number of hydrogen-bond donors (Lipinski definition) is 2. The van der Waals surface area contributed by atoms with E-state index in [1.165, 1.54) is 12.1 Å². The number of carboxylic acids is 1. The van der Waals surface area contributed by atoms with Crippen molar-refractivity contribution in [1.82, 2.24) is 0 Å². The number of aromatic carboxylic acids is 1. The number of hydrogen-bond acceptors (Lipinski definition) is 2. The lowest BCUT2D eigenvalue weighted by Gasteiger charge is -2.16. The molecule has 3 nitrogen and oxygen atoms in total. The van der Waals surface area contributed by atoms with Crippen LogP contribution in [0.15, 0.2) is 42.5 Å². The fourth-order valence-electron chi connectivity index (χ4n) is 1.89. The van der Waals surface area contributed by atoms with Gasteiger partial charge in [0.2, 0.25) is 0 Å². The number of nitrogens with one attached hydrogen (secondary N) is 1. The van der Waals surface area contributed by atoms with E-state index >= 15 is 0 Å². The molecule has 2 aromatic carbocycles.